The molecule has 2 saturated carbocycles. The van der Waals surface area contributed by atoms with Crippen molar-refractivity contribution >= 4 is 28.3 Å². The van der Waals surface area contributed by atoms with Gasteiger partial charge in [0.1, 0.15) is 11.5 Å². The zero-order valence-corrected chi connectivity index (χ0v) is 20.3. The third kappa shape index (κ3) is 4.97. The van der Waals surface area contributed by atoms with Crippen molar-refractivity contribution < 1.29 is 19.1 Å². The molecule has 2 aliphatic carbocycles. The Labute approximate surface area is 206 Å². The van der Waals surface area contributed by atoms with Crippen molar-refractivity contribution in [1.29, 1.82) is 0 Å². The van der Waals surface area contributed by atoms with E-state index >= 15 is 0 Å². The Bertz CT molecular complexity index is 1240. The highest BCUT2D eigenvalue weighted by Gasteiger charge is 2.42. The van der Waals surface area contributed by atoms with Gasteiger partial charge in [0, 0.05) is 6.04 Å². The third-order valence-electron chi connectivity index (χ3n) is 7.63. The van der Waals surface area contributed by atoms with Crippen LogP contribution in [0.4, 0.5) is 5.69 Å². The summed E-state index contributed by atoms with van der Waals surface area (Å²) in [6.45, 7) is 1.96. The number of hydrogen-bond acceptors (Lipinski definition) is 4. The first-order chi connectivity index (χ1) is 17.0. The molecule has 5 rings (SSSR count). The Hall–Kier alpha value is -3.54. The third-order valence-corrected chi connectivity index (χ3v) is 7.63. The number of ether oxygens (including phenoxy) is 2. The van der Waals surface area contributed by atoms with Crippen LogP contribution < -0.4 is 20.1 Å². The molecule has 0 aliphatic heterocycles. The molecule has 6 heteroatoms. The summed E-state index contributed by atoms with van der Waals surface area (Å²) in [5, 5.41) is 7.90. The van der Waals surface area contributed by atoms with Crippen molar-refractivity contribution in [3.63, 3.8) is 0 Å². The second-order valence-electron chi connectivity index (χ2n) is 9.83. The topological polar surface area (TPSA) is 76.7 Å². The standard InChI is InChI=1S/C29H32N2O4/c1-18(23-14-19-11-12-22(23)13-19)30-28(32)17-35-27-16-21-8-4-3-7-20(21)15-24(27)29(33)31-25-9-5-6-10-26(25)34-2/h3-10,15-16,18-19,22-23H,11-14,17H2,1-2H3,(H,30,32)(H,31,33). The molecule has 0 saturated heterocycles. The normalized spacial score (nSPS) is 21.5. The second-order valence-corrected chi connectivity index (χ2v) is 9.83. The van der Waals surface area contributed by atoms with Crippen molar-refractivity contribution in [1.82, 2.24) is 5.32 Å². The summed E-state index contributed by atoms with van der Waals surface area (Å²) in [5.74, 6) is 2.58. The monoisotopic (exact) mass is 472 g/mol. The molecule has 4 atom stereocenters. The van der Waals surface area contributed by atoms with Gasteiger partial charge in [-0.2, -0.15) is 0 Å². The lowest BCUT2D eigenvalue weighted by molar-refractivity contribution is -0.124. The first-order valence-electron chi connectivity index (χ1n) is 12.4. The van der Waals surface area contributed by atoms with Gasteiger partial charge in [-0.1, -0.05) is 42.8 Å². The molecule has 0 radical (unpaired) electrons. The zero-order chi connectivity index (χ0) is 24.4. The van der Waals surface area contributed by atoms with Crippen LogP contribution in [-0.2, 0) is 4.79 Å². The molecule has 3 aromatic rings. The number of methoxy groups -OCH3 is 1. The Morgan fingerprint density at radius 3 is 2.43 bits per heavy atom. The van der Waals surface area contributed by atoms with Crippen LogP contribution in [0.15, 0.2) is 60.7 Å². The molecule has 6 nitrogen and oxygen atoms in total. The maximum Gasteiger partial charge on any atom is 0.259 e. The first kappa shape index (κ1) is 23.2. The predicted molar refractivity (Wildman–Crippen MR) is 137 cm³/mol. The average Bonchev–Trinajstić information content (AvgIpc) is 3.51. The molecule has 4 unspecified atom stereocenters. The summed E-state index contributed by atoms with van der Waals surface area (Å²) in [6.07, 6.45) is 5.15. The minimum atomic E-state index is -0.328. The van der Waals surface area contributed by atoms with Crippen LogP contribution in [0.1, 0.15) is 43.0 Å². The van der Waals surface area contributed by atoms with Gasteiger partial charge in [0.25, 0.3) is 11.8 Å². The minimum absolute atomic E-state index is 0.131. The van der Waals surface area contributed by atoms with Crippen LogP contribution in [0.3, 0.4) is 0 Å². The van der Waals surface area contributed by atoms with Crippen LogP contribution in [0, 0.1) is 17.8 Å². The highest BCUT2D eigenvalue weighted by molar-refractivity contribution is 6.09. The van der Waals surface area contributed by atoms with Gasteiger partial charge in [0.2, 0.25) is 0 Å². The largest absolute Gasteiger partial charge is 0.495 e. The molecule has 2 aliphatic rings. The summed E-state index contributed by atoms with van der Waals surface area (Å²) in [4.78, 5) is 26.0. The Morgan fingerprint density at radius 2 is 1.71 bits per heavy atom. The lowest BCUT2D eigenvalue weighted by Gasteiger charge is -2.28. The number of carbonyl (C=O) groups excluding carboxylic acids is 2. The highest BCUT2D eigenvalue weighted by atomic mass is 16.5. The lowest BCUT2D eigenvalue weighted by atomic mass is 9.84. The minimum Gasteiger partial charge on any atom is -0.495 e. The molecule has 2 N–H and O–H groups in total. The van der Waals surface area contributed by atoms with Crippen LogP contribution in [-0.4, -0.2) is 31.6 Å². The molecule has 182 valence electrons. The molecule has 2 fully saturated rings. The van der Waals surface area contributed by atoms with Crippen LogP contribution >= 0.6 is 0 Å². The van der Waals surface area contributed by atoms with Crippen molar-refractivity contribution in [2.45, 2.75) is 38.6 Å². The lowest BCUT2D eigenvalue weighted by Crippen LogP contribution is -2.42. The number of amides is 2. The van der Waals surface area contributed by atoms with Crippen molar-refractivity contribution in [3.05, 3.63) is 66.2 Å². The fraction of sp³-hybridized carbons (Fsp3) is 0.379. The van der Waals surface area contributed by atoms with E-state index in [1.54, 1.807) is 25.3 Å². The zero-order valence-electron chi connectivity index (χ0n) is 20.3. The first-order valence-corrected chi connectivity index (χ1v) is 12.4. The SMILES string of the molecule is COc1ccccc1NC(=O)c1cc2ccccc2cc1OCC(=O)NC(C)C1CC2CCC1C2. The summed E-state index contributed by atoms with van der Waals surface area (Å²) in [7, 11) is 1.56. The van der Waals surface area contributed by atoms with E-state index in [1.807, 2.05) is 42.5 Å². The van der Waals surface area contributed by atoms with E-state index in [2.05, 4.69) is 17.6 Å². The van der Waals surface area contributed by atoms with Gasteiger partial charge >= 0.3 is 0 Å². The number of hydrogen-bond donors (Lipinski definition) is 2. The van der Waals surface area contributed by atoms with Gasteiger partial charge in [-0.15, -0.1) is 0 Å². The highest BCUT2D eigenvalue weighted by Crippen LogP contribution is 2.49. The Morgan fingerprint density at radius 1 is 0.971 bits per heavy atom. The quantitative estimate of drug-likeness (QED) is 0.459. The van der Waals surface area contributed by atoms with Crippen LogP contribution in [0.25, 0.3) is 10.8 Å². The number of anilines is 1. The van der Waals surface area contributed by atoms with Gasteiger partial charge in [-0.25, -0.2) is 0 Å². The molecule has 0 heterocycles. The van der Waals surface area contributed by atoms with E-state index in [1.165, 1.54) is 25.7 Å². The fourth-order valence-corrected chi connectivity index (χ4v) is 5.91. The number of rotatable bonds is 8. The predicted octanol–water partition coefficient (Wildman–Crippen LogP) is 5.42. The van der Waals surface area contributed by atoms with Crippen LogP contribution in [0.5, 0.6) is 11.5 Å². The van der Waals surface area contributed by atoms with E-state index in [0.29, 0.717) is 28.7 Å². The number of carbonyl (C=O) groups is 2. The maximum absolute atomic E-state index is 13.3. The average molecular weight is 473 g/mol. The number of benzene rings is 3. The summed E-state index contributed by atoms with van der Waals surface area (Å²) in [6, 6.07) is 18.8. The smallest absolute Gasteiger partial charge is 0.259 e. The molecule has 2 amide bonds. The van der Waals surface area contributed by atoms with Crippen molar-refractivity contribution in [2.75, 3.05) is 19.0 Å². The van der Waals surface area contributed by atoms with Gasteiger partial charge in [-0.05, 0) is 79.0 Å². The van der Waals surface area contributed by atoms with Crippen molar-refractivity contribution in [2.24, 2.45) is 17.8 Å². The van der Waals surface area contributed by atoms with Gasteiger partial charge in [0.15, 0.2) is 6.61 Å². The van der Waals surface area contributed by atoms with Crippen LogP contribution in [0.2, 0.25) is 0 Å². The van der Waals surface area contributed by atoms with E-state index < -0.39 is 0 Å². The number of para-hydroxylation sites is 2. The summed E-state index contributed by atoms with van der Waals surface area (Å²) < 4.78 is 11.3. The molecule has 3 aromatic carbocycles. The van der Waals surface area contributed by atoms with Gasteiger partial charge in [0.05, 0.1) is 18.4 Å². The molecular formula is C29H32N2O4. The van der Waals surface area contributed by atoms with Gasteiger partial charge in [-0.3, -0.25) is 9.59 Å². The van der Waals surface area contributed by atoms with E-state index in [9.17, 15) is 9.59 Å². The second kappa shape index (κ2) is 9.98. The summed E-state index contributed by atoms with van der Waals surface area (Å²) >= 11 is 0. The molecule has 0 spiro atoms. The van der Waals surface area contributed by atoms with E-state index in [4.69, 9.17) is 9.47 Å². The van der Waals surface area contributed by atoms with E-state index in [0.717, 1.165) is 22.6 Å². The Kier molecular flexibility index (Phi) is 6.62. The summed E-state index contributed by atoms with van der Waals surface area (Å²) in [5.41, 5.74) is 0.931. The number of nitrogens with one attached hydrogen (secondary N) is 2. The van der Waals surface area contributed by atoms with Gasteiger partial charge < -0.3 is 20.1 Å². The maximum atomic E-state index is 13.3. The molecular weight excluding hydrogens is 440 g/mol. The molecule has 35 heavy (non-hydrogen) atoms. The van der Waals surface area contributed by atoms with E-state index in [-0.39, 0.29) is 24.5 Å². The molecule has 0 aromatic heterocycles. The molecule has 2 bridgehead atoms. The fourth-order valence-electron chi connectivity index (χ4n) is 5.91. The van der Waals surface area contributed by atoms with Crippen molar-refractivity contribution in [3.8, 4) is 11.5 Å². The Balaban J connectivity index is 1.31. The number of fused-ring (bicyclic) bond motifs is 3.